The maximum Gasteiger partial charge on any atom is 0.123 e. The van der Waals surface area contributed by atoms with Crippen molar-refractivity contribution in [3.8, 4) is 0 Å². The van der Waals surface area contributed by atoms with Crippen LogP contribution in [0.3, 0.4) is 0 Å². The summed E-state index contributed by atoms with van der Waals surface area (Å²) in [5.41, 5.74) is 8.91. The molecule has 2 aliphatic rings. The number of nitrogens with two attached hydrogens (primary N) is 1. The van der Waals surface area contributed by atoms with Gasteiger partial charge < -0.3 is 5.73 Å². The summed E-state index contributed by atoms with van der Waals surface area (Å²) in [6, 6.07) is 8.22. The van der Waals surface area contributed by atoms with Gasteiger partial charge in [-0.15, -0.1) is 0 Å². The van der Waals surface area contributed by atoms with E-state index in [1.54, 1.807) is 0 Å². The molecule has 0 amide bonds. The van der Waals surface area contributed by atoms with Crippen LogP contribution < -0.4 is 5.73 Å². The fraction of sp³-hybridized carbons (Fsp3) is 0.133. The van der Waals surface area contributed by atoms with E-state index in [-0.39, 0.29) is 5.84 Å². The number of fused-ring (bicyclic) bond motifs is 3. The maximum atomic E-state index is 7.69. The summed E-state index contributed by atoms with van der Waals surface area (Å²) < 4.78 is 0. The fourth-order valence-electron chi connectivity index (χ4n) is 2.64. The van der Waals surface area contributed by atoms with Gasteiger partial charge in [-0.3, -0.25) is 5.41 Å². The second-order valence-corrected chi connectivity index (χ2v) is 4.45. The molecule has 0 radical (unpaired) electrons. The Hall–Kier alpha value is -2.09. The van der Waals surface area contributed by atoms with Crippen LogP contribution in [0.5, 0.6) is 0 Å². The lowest BCUT2D eigenvalue weighted by molar-refractivity contribution is 0.690. The van der Waals surface area contributed by atoms with Crippen molar-refractivity contribution in [1.82, 2.24) is 0 Å². The summed E-state index contributed by atoms with van der Waals surface area (Å²) >= 11 is 0. The van der Waals surface area contributed by atoms with Crippen LogP contribution in [0.2, 0.25) is 0 Å². The molecular weight excluding hydrogens is 208 g/mol. The molecule has 2 nitrogen and oxygen atoms in total. The third-order valence-electron chi connectivity index (χ3n) is 3.44. The lowest BCUT2D eigenvalue weighted by Crippen LogP contribution is -2.21. The van der Waals surface area contributed by atoms with Crippen molar-refractivity contribution in [3.63, 3.8) is 0 Å². The van der Waals surface area contributed by atoms with Crippen LogP contribution in [0.1, 0.15) is 17.0 Å². The molecule has 17 heavy (non-hydrogen) atoms. The minimum absolute atomic E-state index is 0.152. The van der Waals surface area contributed by atoms with Gasteiger partial charge in [-0.2, -0.15) is 0 Å². The summed E-state index contributed by atoms with van der Waals surface area (Å²) in [6.07, 6.45) is 10.6. The molecule has 2 aliphatic carbocycles. The molecule has 0 spiro atoms. The van der Waals surface area contributed by atoms with Crippen LogP contribution in [0.15, 0.2) is 54.6 Å². The number of rotatable bonds is 1. The van der Waals surface area contributed by atoms with Crippen LogP contribution in [-0.2, 0) is 0 Å². The molecule has 0 aromatic heterocycles. The van der Waals surface area contributed by atoms with Crippen molar-refractivity contribution in [2.24, 2.45) is 11.7 Å². The van der Waals surface area contributed by atoms with E-state index in [2.05, 4.69) is 36.4 Å². The molecule has 3 rings (SSSR count). The van der Waals surface area contributed by atoms with Crippen molar-refractivity contribution < 1.29 is 0 Å². The van der Waals surface area contributed by atoms with Crippen molar-refractivity contribution in [2.45, 2.75) is 5.92 Å². The second-order valence-electron chi connectivity index (χ2n) is 4.45. The van der Waals surface area contributed by atoms with Crippen molar-refractivity contribution in [1.29, 1.82) is 5.41 Å². The van der Waals surface area contributed by atoms with Crippen LogP contribution in [-0.4, -0.2) is 5.84 Å². The number of hydrogen-bond acceptors (Lipinski definition) is 1. The molecular formula is C15H14N2. The normalized spacial score (nSPS) is 24.8. The number of benzene rings is 1. The first-order chi connectivity index (χ1) is 8.27. The van der Waals surface area contributed by atoms with E-state index in [0.29, 0.717) is 11.8 Å². The van der Waals surface area contributed by atoms with Gasteiger partial charge >= 0.3 is 0 Å². The second kappa shape index (κ2) is 3.74. The van der Waals surface area contributed by atoms with E-state index in [4.69, 9.17) is 11.1 Å². The number of nitrogens with one attached hydrogen (secondary N) is 1. The van der Waals surface area contributed by atoms with Gasteiger partial charge in [0.1, 0.15) is 5.84 Å². The molecule has 3 N–H and O–H groups in total. The Balaban J connectivity index is 2.21. The Morgan fingerprint density at radius 2 is 1.88 bits per heavy atom. The first kappa shape index (κ1) is 10.1. The first-order valence-corrected chi connectivity index (χ1v) is 5.78. The Bertz CT molecular complexity index is 564. The highest BCUT2D eigenvalue weighted by atomic mass is 14.7. The average molecular weight is 222 g/mol. The monoisotopic (exact) mass is 222 g/mol. The molecule has 0 aliphatic heterocycles. The third kappa shape index (κ3) is 1.53. The quantitative estimate of drug-likeness (QED) is 0.557. The summed E-state index contributed by atoms with van der Waals surface area (Å²) in [5.74, 6) is 0.868. The standard InChI is InChI=1S/C15H14N2/c16-15(17)14-9-10-5-1-2-6-11(10)12-7-3-4-8-13(12)14/h1-11H,(H3,16,17). The average Bonchev–Trinajstić information content (AvgIpc) is 2.37. The Morgan fingerprint density at radius 3 is 2.71 bits per heavy atom. The van der Waals surface area contributed by atoms with Crippen molar-refractivity contribution >= 4 is 11.4 Å². The number of hydrogen-bond donors (Lipinski definition) is 2. The Kier molecular flexibility index (Phi) is 2.22. The van der Waals surface area contributed by atoms with Gasteiger partial charge in [0.25, 0.3) is 0 Å². The van der Waals surface area contributed by atoms with Crippen LogP contribution >= 0.6 is 0 Å². The summed E-state index contributed by atoms with van der Waals surface area (Å²) in [6.45, 7) is 0. The highest BCUT2D eigenvalue weighted by Gasteiger charge is 2.27. The highest BCUT2D eigenvalue weighted by Crippen LogP contribution is 2.40. The van der Waals surface area contributed by atoms with Crippen molar-refractivity contribution in [2.75, 3.05) is 0 Å². The van der Waals surface area contributed by atoms with Crippen molar-refractivity contribution in [3.05, 3.63) is 65.8 Å². The summed E-state index contributed by atoms with van der Waals surface area (Å²) in [7, 11) is 0. The maximum absolute atomic E-state index is 7.69. The molecule has 0 fully saturated rings. The van der Waals surface area contributed by atoms with Gasteiger partial charge in [0.05, 0.1) is 0 Å². The topological polar surface area (TPSA) is 49.9 Å². The Labute approximate surface area is 101 Å². The molecule has 0 saturated carbocycles. The lowest BCUT2D eigenvalue weighted by Gasteiger charge is -2.30. The highest BCUT2D eigenvalue weighted by molar-refractivity contribution is 6.21. The van der Waals surface area contributed by atoms with Gasteiger partial charge in [0, 0.05) is 17.4 Å². The van der Waals surface area contributed by atoms with Gasteiger partial charge in [-0.1, -0.05) is 54.6 Å². The molecule has 2 atom stereocenters. The van der Waals surface area contributed by atoms with E-state index in [9.17, 15) is 0 Å². The van der Waals surface area contributed by atoms with Gasteiger partial charge in [-0.05, 0) is 11.1 Å². The SMILES string of the molecule is N=C(N)C1=CC2C=CC=CC2c2ccccc21. The zero-order chi connectivity index (χ0) is 11.8. The van der Waals surface area contributed by atoms with Gasteiger partial charge in [-0.25, -0.2) is 0 Å². The number of amidine groups is 1. The number of allylic oxidation sites excluding steroid dienone is 5. The summed E-state index contributed by atoms with van der Waals surface area (Å²) in [4.78, 5) is 0. The fourth-order valence-corrected chi connectivity index (χ4v) is 2.64. The molecule has 0 saturated heterocycles. The van der Waals surface area contributed by atoms with E-state index >= 15 is 0 Å². The zero-order valence-corrected chi connectivity index (χ0v) is 9.43. The molecule has 84 valence electrons. The largest absolute Gasteiger partial charge is 0.384 e. The third-order valence-corrected chi connectivity index (χ3v) is 3.44. The van der Waals surface area contributed by atoms with Crippen LogP contribution in [0.25, 0.3) is 5.57 Å². The minimum Gasteiger partial charge on any atom is -0.384 e. The van der Waals surface area contributed by atoms with Crippen LogP contribution in [0, 0.1) is 11.3 Å². The first-order valence-electron chi connectivity index (χ1n) is 5.78. The minimum atomic E-state index is 0.152. The van der Waals surface area contributed by atoms with Gasteiger partial charge in [0.2, 0.25) is 0 Å². The van der Waals surface area contributed by atoms with E-state index in [1.807, 2.05) is 18.2 Å². The predicted molar refractivity (Wildman–Crippen MR) is 70.8 cm³/mol. The van der Waals surface area contributed by atoms with E-state index in [0.717, 1.165) is 11.1 Å². The van der Waals surface area contributed by atoms with Gasteiger partial charge in [0.15, 0.2) is 0 Å². The molecule has 1 aromatic rings. The van der Waals surface area contributed by atoms with E-state index < -0.39 is 0 Å². The Morgan fingerprint density at radius 1 is 1.12 bits per heavy atom. The van der Waals surface area contributed by atoms with Crippen LogP contribution in [0.4, 0.5) is 0 Å². The molecule has 1 aromatic carbocycles. The lowest BCUT2D eigenvalue weighted by atomic mass is 9.74. The smallest absolute Gasteiger partial charge is 0.123 e. The molecule has 2 unspecified atom stereocenters. The molecule has 2 heteroatoms. The summed E-state index contributed by atoms with van der Waals surface area (Å²) in [5, 5.41) is 7.69. The predicted octanol–water partition coefficient (Wildman–Crippen LogP) is 2.85. The molecule has 0 bridgehead atoms. The molecule has 0 heterocycles. The zero-order valence-electron chi connectivity index (χ0n) is 9.43. The van der Waals surface area contributed by atoms with E-state index in [1.165, 1.54) is 5.56 Å².